The molecule has 0 saturated heterocycles. The third kappa shape index (κ3) is 3.47. The SMILES string of the molecule is C=C(C)OC(=O)c1cc(Cc2n[nH]c(=O)c3ccccc23)ccc1F. The predicted octanol–water partition coefficient (Wildman–Crippen LogP) is 3.34. The molecule has 0 unspecified atom stereocenters. The standard InChI is InChI=1S/C19H15FN2O3/c1-11(2)25-19(24)15-9-12(7-8-16(15)20)10-17-13-5-3-4-6-14(13)18(23)22-21-17/h3-9H,1,10H2,2H3,(H,22,23). The number of halogens is 1. The van der Waals surface area contributed by atoms with Gasteiger partial charge in [0.1, 0.15) is 5.82 Å². The van der Waals surface area contributed by atoms with Gasteiger partial charge in [0.15, 0.2) is 0 Å². The molecule has 1 N–H and O–H groups in total. The second kappa shape index (κ2) is 6.68. The second-order valence-electron chi connectivity index (χ2n) is 5.63. The highest BCUT2D eigenvalue weighted by Gasteiger charge is 2.15. The Morgan fingerprint density at radius 2 is 1.96 bits per heavy atom. The summed E-state index contributed by atoms with van der Waals surface area (Å²) >= 11 is 0. The molecule has 6 heteroatoms. The molecule has 126 valence electrons. The van der Waals surface area contributed by atoms with Crippen molar-refractivity contribution in [2.45, 2.75) is 13.3 Å². The number of esters is 1. The zero-order chi connectivity index (χ0) is 18.0. The summed E-state index contributed by atoms with van der Waals surface area (Å²) in [7, 11) is 0. The highest BCUT2D eigenvalue weighted by atomic mass is 19.1. The Morgan fingerprint density at radius 3 is 2.68 bits per heavy atom. The number of benzene rings is 2. The number of nitrogens with zero attached hydrogens (tertiary/aromatic N) is 1. The van der Waals surface area contributed by atoms with Crippen LogP contribution in [-0.4, -0.2) is 16.2 Å². The van der Waals surface area contributed by atoms with Gasteiger partial charge in [0.25, 0.3) is 5.56 Å². The fourth-order valence-electron chi connectivity index (χ4n) is 2.55. The largest absolute Gasteiger partial charge is 0.428 e. The van der Waals surface area contributed by atoms with Crippen LogP contribution in [-0.2, 0) is 11.2 Å². The molecule has 5 nitrogen and oxygen atoms in total. The van der Waals surface area contributed by atoms with Crippen molar-refractivity contribution < 1.29 is 13.9 Å². The summed E-state index contributed by atoms with van der Waals surface area (Å²) < 4.78 is 18.8. The van der Waals surface area contributed by atoms with Gasteiger partial charge in [-0.1, -0.05) is 30.8 Å². The summed E-state index contributed by atoms with van der Waals surface area (Å²) in [6.07, 6.45) is 0.324. The molecule has 3 rings (SSSR count). The molecule has 1 aromatic heterocycles. The number of rotatable bonds is 4. The topological polar surface area (TPSA) is 72.0 Å². The Labute approximate surface area is 142 Å². The number of fused-ring (bicyclic) bond motifs is 1. The molecular weight excluding hydrogens is 323 g/mol. The van der Waals surface area contributed by atoms with E-state index in [2.05, 4.69) is 16.8 Å². The fraction of sp³-hybridized carbons (Fsp3) is 0.105. The lowest BCUT2D eigenvalue weighted by atomic mass is 10.0. The summed E-state index contributed by atoms with van der Waals surface area (Å²) in [5, 5.41) is 7.78. The van der Waals surface area contributed by atoms with Crippen LogP contribution in [0.15, 0.2) is 59.6 Å². The smallest absolute Gasteiger partial charge is 0.346 e. The summed E-state index contributed by atoms with van der Waals surface area (Å²) in [4.78, 5) is 23.8. The number of nitrogens with one attached hydrogen (secondary N) is 1. The molecule has 0 saturated carbocycles. The number of aromatic amines is 1. The summed E-state index contributed by atoms with van der Waals surface area (Å²) in [6, 6.07) is 11.3. The quantitative estimate of drug-likeness (QED) is 0.585. The minimum atomic E-state index is -0.800. The third-order valence-corrected chi connectivity index (χ3v) is 3.66. The van der Waals surface area contributed by atoms with E-state index in [1.807, 2.05) is 6.07 Å². The van der Waals surface area contributed by atoms with Crippen LogP contribution in [0.4, 0.5) is 4.39 Å². The van der Waals surface area contributed by atoms with Gasteiger partial charge < -0.3 is 4.74 Å². The van der Waals surface area contributed by atoms with Crippen LogP contribution in [0.3, 0.4) is 0 Å². The van der Waals surface area contributed by atoms with Gasteiger partial charge in [-0.05, 0) is 30.7 Å². The van der Waals surface area contributed by atoms with Crippen molar-refractivity contribution in [2.24, 2.45) is 0 Å². The number of carbonyl (C=O) groups excluding carboxylic acids is 1. The number of ether oxygens (including phenoxy) is 1. The Morgan fingerprint density at radius 1 is 1.24 bits per heavy atom. The van der Waals surface area contributed by atoms with Gasteiger partial charge in [0.2, 0.25) is 0 Å². The Bertz CT molecular complexity index is 1040. The van der Waals surface area contributed by atoms with Crippen molar-refractivity contribution >= 4 is 16.7 Å². The Balaban J connectivity index is 1.99. The van der Waals surface area contributed by atoms with Gasteiger partial charge in [0.05, 0.1) is 22.4 Å². The zero-order valence-corrected chi connectivity index (χ0v) is 13.5. The average molecular weight is 338 g/mol. The van der Waals surface area contributed by atoms with Crippen molar-refractivity contribution in [3.8, 4) is 0 Å². The molecule has 0 atom stereocenters. The van der Waals surface area contributed by atoms with E-state index >= 15 is 0 Å². The Hall–Kier alpha value is -3.28. The average Bonchev–Trinajstić information content (AvgIpc) is 2.58. The first kappa shape index (κ1) is 16.6. The lowest BCUT2D eigenvalue weighted by molar-refractivity contribution is 0.0622. The van der Waals surface area contributed by atoms with Crippen LogP contribution in [0.2, 0.25) is 0 Å². The monoisotopic (exact) mass is 338 g/mol. The summed E-state index contributed by atoms with van der Waals surface area (Å²) in [5.41, 5.74) is 0.846. The van der Waals surface area contributed by atoms with Crippen LogP contribution >= 0.6 is 0 Å². The first-order valence-corrected chi connectivity index (χ1v) is 7.58. The van der Waals surface area contributed by atoms with E-state index in [0.717, 1.165) is 0 Å². The van der Waals surface area contributed by atoms with E-state index in [0.29, 0.717) is 28.5 Å². The van der Waals surface area contributed by atoms with Gasteiger partial charge in [0, 0.05) is 11.8 Å². The molecule has 0 aliphatic carbocycles. The minimum absolute atomic E-state index is 0.172. The molecule has 0 fully saturated rings. The number of aromatic nitrogens is 2. The van der Waals surface area contributed by atoms with Crippen molar-refractivity contribution in [2.75, 3.05) is 0 Å². The number of allylic oxidation sites excluding steroid dienone is 1. The molecule has 3 aromatic rings. The molecular formula is C19H15FN2O3. The normalized spacial score (nSPS) is 10.6. The Kier molecular flexibility index (Phi) is 4.43. The number of carbonyl (C=O) groups is 1. The molecule has 0 spiro atoms. The molecule has 25 heavy (non-hydrogen) atoms. The molecule has 0 amide bonds. The fourth-order valence-corrected chi connectivity index (χ4v) is 2.55. The molecule has 0 bridgehead atoms. The van der Waals surface area contributed by atoms with Crippen LogP contribution in [0.1, 0.15) is 28.5 Å². The highest BCUT2D eigenvalue weighted by Crippen LogP contribution is 2.19. The van der Waals surface area contributed by atoms with Gasteiger partial charge in [-0.2, -0.15) is 5.10 Å². The second-order valence-corrected chi connectivity index (χ2v) is 5.63. The minimum Gasteiger partial charge on any atom is -0.428 e. The van der Waals surface area contributed by atoms with Gasteiger partial charge in [-0.25, -0.2) is 14.3 Å². The summed E-state index contributed by atoms with van der Waals surface area (Å²) in [5.74, 6) is -1.29. The van der Waals surface area contributed by atoms with E-state index in [1.165, 1.54) is 19.1 Å². The van der Waals surface area contributed by atoms with Crippen LogP contribution < -0.4 is 5.56 Å². The molecule has 0 aliphatic rings. The highest BCUT2D eigenvalue weighted by molar-refractivity contribution is 5.90. The van der Waals surface area contributed by atoms with E-state index in [-0.39, 0.29) is 16.9 Å². The van der Waals surface area contributed by atoms with Crippen molar-refractivity contribution in [1.29, 1.82) is 0 Å². The summed E-state index contributed by atoms with van der Waals surface area (Å²) in [6.45, 7) is 4.98. The van der Waals surface area contributed by atoms with Gasteiger partial charge in [-0.3, -0.25) is 4.79 Å². The lowest BCUT2D eigenvalue weighted by Gasteiger charge is -2.08. The van der Waals surface area contributed by atoms with E-state index in [9.17, 15) is 14.0 Å². The molecule has 1 heterocycles. The molecule has 2 aromatic carbocycles. The first-order chi connectivity index (χ1) is 12.0. The van der Waals surface area contributed by atoms with Crippen LogP contribution in [0.5, 0.6) is 0 Å². The van der Waals surface area contributed by atoms with Crippen molar-refractivity contribution in [3.63, 3.8) is 0 Å². The molecule has 0 aliphatic heterocycles. The predicted molar refractivity (Wildman–Crippen MR) is 91.8 cm³/mol. The van der Waals surface area contributed by atoms with Crippen LogP contribution in [0, 0.1) is 5.82 Å². The number of hydrogen-bond acceptors (Lipinski definition) is 4. The maximum Gasteiger partial charge on any atom is 0.346 e. The number of hydrogen-bond donors (Lipinski definition) is 1. The zero-order valence-electron chi connectivity index (χ0n) is 13.5. The maximum atomic E-state index is 13.9. The third-order valence-electron chi connectivity index (χ3n) is 3.66. The maximum absolute atomic E-state index is 13.9. The van der Waals surface area contributed by atoms with Crippen molar-refractivity contribution in [3.05, 3.63) is 87.8 Å². The first-order valence-electron chi connectivity index (χ1n) is 7.58. The van der Waals surface area contributed by atoms with E-state index in [4.69, 9.17) is 4.74 Å². The van der Waals surface area contributed by atoms with Gasteiger partial charge >= 0.3 is 5.97 Å². The number of H-pyrrole nitrogens is 1. The van der Waals surface area contributed by atoms with Crippen LogP contribution in [0.25, 0.3) is 10.8 Å². The van der Waals surface area contributed by atoms with E-state index < -0.39 is 11.8 Å². The molecule has 0 radical (unpaired) electrons. The van der Waals surface area contributed by atoms with Crippen molar-refractivity contribution in [1.82, 2.24) is 10.2 Å². The lowest BCUT2D eigenvalue weighted by Crippen LogP contribution is -2.11. The van der Waals surface area contributed by atoms with E-state index in [1.54, 1.807) is 24.3 Å². The van der Waals surface area contributed by atoms with Gasteiger partial charge in [-0.15, -0.1) is 0 Å².